The van der Waals surface area contributed by atoms with Crippen molar-refractivity contribution in [3.05, 3.63) is 59.1 Å². The van der Waals surface area contributed by atoms with Gasteiger partial charge in [0.2, 0.25) is 5.91 Å². The highest BCUT2D eigenvalue weighted by Crippen LogP contribution is 2.22. The second-order valence-corrected chi connectivity index (χ2v) is 4.92. The number of benzene rings is 2. The molecule has 0 spiro atoms. The topological polar surface area (TPSA) is 67.4 Å². The molecule has 0 aliphatic heterocycles. The van der Waals surface area contributed by atoms with Gasteiger partial charge >= 0.3 is 0 Å². The lowest BCUT2D eigenvalue weighted by atomic mass is 10.2. The summed E-state index contributed by atoms with van der Waals surface area (Å²) in [7, 11) is 1.44. The van der Waals surface area contributed by atoms with Gasteiger partial charge < -0.3 is 15.4 Å². The van der Waals surface area contributed by atoms with Crippen molar-refractivity contribution in [2.45, 2.75) is 0 Å². The molecule has 0 saturated heterocycles. The minimum Gasteiger partial charge on any atom is -0.375 e. The van der Waals surface area contributed by atoms with Gasteiger partial charge in [-0.1, -0.05) is 23.7 Å². The third-order valence-electron chi connectivity index (χ3n) is 2.83. The summed E-state index contributed by atoms with van der Waals surface area (Å²) in [6.45, 7) is -0.0561. The summed E-state index contributed by atoms with van der Waals surface area (Å²) in [5.41, 5.74) is 1.49. The molecular formula is C16H15ClN2O3. The van der Waals surface area contributed by atoms with Crippen LogP contribution in [0.4, 0.5) is 11.4 Å². The summed E-state index contributed by atoms with van der Waals surface area (Å²) in [6.07, 6.45) is 0. The van der Waals surface area contributed by atoms with Crippen molar-refractivity contribution in [1.82, 2.24) is 0 Å². The van der Waals surface area contributed by atoms with E-state index < -0.39 is 0 Å². The lowest BCUT2D eigenvalue weighted by Gasteiger charge is -2.12. The number of halogens is 1. The van der Waals surface area contributed by atoms with Gasteiger partial charge in [0.15, 0.2) is 0 Å². The molecule has 0 heterocycles. The smallest absolute Gasteiger partial charge is 0.255 e. The first-order valence-corrected chi connectivity index (χ1v) is 6.92. The lowest BCUT2D eigenvalue weighted by molar-refractivity contribution is -0.119. The zero-order valence-corrected chi connectivity index (χ0v) is 12.7. The monoisotopic (exact) mass is 318 g/mol. The number of carbonyl (C=O) groups excluding carboxylic acids is 2. The number of carbonyl (C=O) groups is 2. The van der Waals surface area contributed by atoms with E-state index in [9.17, 15) is 9.59 Å². The van der Waals surface area contributed by atoms with Gasteiger partial charge in [0.1, 0.15) is 6.61 Å². The number of hydrogen-bond donors (Lipinski definition) is 2. The summed E-state index contributed by atoms with van der Waals surface area (Å²) in [4.78, 5) is 23.8. The number of amides is 2. The van der Waals surface area contributed by atoms with Gasteiger partial charge in [-0.05, 0) is 36.4 Å². The fourth-order valence-corrected chi connectivity index (χ4v) is 1.94. The molecule has 22 heavy (non-hydrogen) atoms. The summed E-state index contributed by atoms with van der Waals surface area (Å²) in [6, 6.07) is 13.5. The highest BCUT2D eigenvalue weighted by Gasteiger charge is 2.10. The highest BCUT2D eigenvalue weighted by atomic mass is 35.5. The maximum atomic E-state index is 12.2. The molecule has 0 radical (unpaired) electrons. The van der Waals surface area contributed by atoms with Crippen molar-refractivity contribution >= 4 is 34.8 Å². The van der Waals surface area contributed by atoms with E-state index in [1.807, 2.05) is 0 Å². The van der Waals surface area contributed by atoms with Gasteiger partial charge in [0, 0.05) is 17.7 Å². The van der Waals surface area contributed by atoms with Crippen LogP contribution in [0.25, 0.3) is 0 Å². The number of nitrogens with one attached hydrogen (secondary N) is 2. The molecule has 5 nitrogen and oxygen atoms in total. The minimum absolute atomic E-state index is 0.0561. The molecule has 0 bridgehead atoms. The Morgan fingerprint density at radius 2 is 1.59 bits per heavy atom. The molecule has 0 atom stereocenters. The first-order chi connectivity index (χ1) is 10.6. The Hall–Kier alpha value is -2.37. The fourth-order valence-electron chi connectivity index (χ4n) is 1.81. The van der Waals surface area contributed by atoms with Crippen LogP contribution in [0, 0.1) is 0 Å². The van der Waals surface area contributed by atoms with Crippen molar-refractivity contribution in [2.24, 2.45) is 0 Å². The number of anilines is 2. The van der Waals surface area contributed by atoms with Crippen molar-refractivity contribution in [1.29, 1.82) is 0 Å². The Labute approximate surface area is 133 Å². The number of ether oxygens (including phenoxy) is 1. The van der Waals surface area contributed by atoms with Crippen LogP contribution in [0.5, 0.6) is 0 Å². The molecule has 2 N–H and O–H groups in total. The summed E-state index contributed by atoms with van der Waals surface area (Å²) in [5, 5.41) is 5.99. The quantitative estimate of drug-likeness (QED) is 0.889. The van der Waals surface area contributed by atoms with E-state index in [1.54, 1.807) is 48.5 Å². The second-order valence-electron chi connectivity index (χ2n) is 4.49. The van der Waals surface area contributed by atoms with Gasteiger partial charge in [-0.3, -0.25) is 9.59 Å². The molecule has 6 heteroatoms. The van der Waals surface area contributed by atoms with E-state index in [0.717, 1.165) is 0 Å². The average Bonchev–Trinajstić information content (AvgIpc) is 2.50. The number of methoxy groups -OCH3 is 1. The normalized spacial score (nSPS) is 10.1. The Morgan fingerprint density at radius 1 is 1.00 bits per heavy atom. The van der Waals surface area contributed by atoms with Crippen LogP contribution < -0.4 is 10.6 Å². The van der Waals surface area contributed by atoms with E-state index in [2.05, 4.69) is 10.6 Å². The largest absolute Gasteiger partial charge is 0.375 e. The standard InChI is InChI=1S/C16H15ClN2O3/c1-22-10-15(20)18-13-4-2-3-5-14(13)19-16(21)11-6-8-12(17)9-7-11/h2-9H,10H2,1H3,(H,18,20)(H,19,21). The van der Waals surface area contributed by atoms with Gasteiger partial charge in [0.05, 0.1) is 11.4 Å². The van der Waals surface area contributed by atoms with E-state index in [1.165, 1.54) is 7.11 Å². The Morgan fingerprint density at radius 3 is 2.18 bits per heavy atom. The third kappa shape index (κ3) is 4.31. The third-order valence-corrected chi connectivity index (χ3v) is 3.08. The van der Waals surface area contributed by atoms with Gasteiger partial charge in [-0.25, -0.2) is 0 Å². The fraction of sp³-hybridized carbons (Fsp3) is 0.125. The predicted octanol–water partition coefficient (Wildman–Crippen LogP) is 3.18. The molecular weight excluding hydrogens is 304 g/mol. The van der Waals surface area contributed by atoms with E-state index >= 15 is 0 Å². The first-order valence-electron chi connectivity index (χ1n) is 6.55. The maximum absolute atomic E-state index is 12.2. The molecule has 2 aromatic rings. The molecule has 0 unspecified atom stereocenters. The molecule has 0 aliphatic carbocycles. The molecule has 0 fully saturated rings. The molecule has 0 aliphatic rings. The van der Waals surface area contributed by atoms with Crippen LogP contribution in [0.15, 0.2) is 48.5 Å². The average molecular weight is 319 g/mol. The number of hydrogen-bond acceptors (Lipinski definition) is 3. The lowest BCUT2D eigenvalue weighted by Crippen LogP contribution is -2.19. The van der Waals surface area contributed by atoms with Gasteiger partial charge in [-0.2, -0.15) is 0 Å². The van der Waals surface area contributed by atoms with Crippen LogP contribution in [0.1, 0.15) is 10.4 Å². The van der Waals surface area contributed by atoms with Crippen LogP contribution >= 0.6 is 11.6 Å². The SMILES string of the molecule is COCC(=O)Nc1ccccc1NC(=O)c1ccc(Cl)cc1. The number of rotatable bonds is 5. The van der Waals surface area contributed by atoms with Crippen molar-refractivity contribution in [3.63, 3.8) is 0 Å². The zero-order chi connectivity index (χ0) is 15.9. The molecule has 2 aromatic carbocycles. The van der Waals surface area contributed by atoms with Crippen molar-refractivity contribution in [3.8, 4) is 0 Å². The van der Waals surface area contributed by atoms with Crippen LogP contribution in [0.2, 0.25) is 5.02 Å². The van der Waals surface area contributed by atoms with Crippen molar-refractivity contribution in [2.75, 3.05) is 24.4 Å². The molecule has 2 rings (SSSR count). The molecule has 0 saturated carbocycles. The van der Waals surface area contributed by atoms with E-state index in [4.69, 9.17) is 16.3 Å². The van der Waals surface area contributed by atoms with Gasteiger partial charge in [-0.15, -0.1) is 0 Å². The zero-order valence-electron chi connectivity index (χ0n) is 11.9. The maximum Gasteiger partial charge on any atom is 0.255 e. The predicted molar refractivity (Wildman–Crippen MR) is 86.4 cm³/mol. The first kappa shape index (κ1) is 16.0. The Kier molecular flexibility index (Phi) is 5.52. The van der Waals surface area contributed by atoms with Gasteiger partial charge in [0.25, 0.3) is 5.91 Å². The second kappa shape index (κ2) is 7.59. The Balaban J connectivity index is 2.13. The summed E-state index contributed by atoms with van der Waals surface area (Å²) >= 11 is 5.80. The summed E-state index contributed by atoms with van der Waals surface area (Å²) < 4.78 is 4.77. The highest BCUT2D eigenvalue weighted by molar-refractivity contribution is 6.30. The van der Waals surface area contributed by atoms with Crippen LogP contribution in [0.3, 0.4) is 0 Å². The molecule has 2 amide bonds. The van der Waals surface area contributed by atoms with Crippen LogP contribution in [-0.2, 0) is 9.53 Å². The Bertz CT molecular complexity index is 671. The summed E-state index contributed by atoms with van der Waals surface area (Å²) in [5.74, 6) is -0.583. The van der Waals surface area contributed by atoms with E-state index in [0.29, 0.717) is 22.0 Å². The molecule has 114 valence electrons. The van der Waals surface area contributed by atoms with E-state index in [-0.39, 0.29) is 18.4 Å². The van der Waals surface area contributed by atoms with Crippen molar-refractivity contribution < 1.29 is 14.3 Å². The number of para-hydroxylation sites is 2. The molecule has 0 aromatic heterocycles. The van der Waals surface area contributed by atoms with Crippen LogP contribution in [-0.4, -0.2) is 25.5 Å². The minimum atomic E-state index is -0.296.